The first kappa shape index (κ1) is 12.8. The van der Waals surface area contributed by atoms with Crippen molar-refractivity contribution >= 4 is 23.0 Å². The highest BCUT2D eigenvalue weighted by Crippen LogP contribution is 2.49. The monoisotopic (exact) mass is 279 g/mol. The van der Waals surface area contributed by atoms with Gasteiger partial charge in [-0.2, -0.15) is 0 Å². The lowest BCUT2D eigenvalue weighted by Crippen LogP contribution is -2.17. The van der Waals surface area contributed by atoms with Crippen LogP contribution in [-0.2, 0) is 16.1 Å². The van der Waals surface area contributed by atoms with Gasteiger partial charge in [-0.3, -0.25) is 4.79 Å². The second-order valence-corrected chi connectivity index (χ2v) is 5.04. The number of carbonyl (C=O) groups is 1. The summed E-state index contributed by atoms with van der Waals surface area (Å²) in [5.74, 6) is -0.398. The van der Waals surface area contributed by atoms with Crippen molar-refractivity contribution in [2.24, 2.45) is 5.92 Å². The average Bonchev–Trinajstić information content (AvgIpc) is 2.84. The molecule has 2 heterocycles. The number of alkyl halides is 1. The van der Waals surface area contributed by atoms with Gasteiger partial charge in [0.05, 0.1) is 19.5 Å². The molecular weight excluding hydrogens is 265 g/mol. The summed E-state index contributed by atoms with van der Waals surface area (Å²) in [6, 6.07) is 0. The SMILES string of the molecule is CC(=O)OC[C@@H]1C[C@@]1(F)Cn1cnc2c(N)ncnc21. The topological polar surface area (TPSA) is 95.9 Å². The van der Waals surface area contributed by atoms with Gasteiger partial charge in [-0.25, -0.2) is 19.3 Å². The Morgan fingerprint density at radius 3 is 3.15 bits per heavy atom. The summed E-state index contributed by atoms with van der Waals surface area (Å²) >= 11 is 0. The van der Waals surface area contributed by atoms with Gasteiger partial charge in [0.1, 0.15) is 17.5 Å². The quantitative estimate of drug-likeness (QED) is 0.828. The van der Waals surface area contributed by atoms with E-state index < -0.39 is 11.6 Å². The number of fused-ring (bicyclic) bond motifs is 1. The summed E-state index contributed by atoms with van der Waals surface area (Å²) in [5, 5.41) is 0. The molecule has 2 aromatic rings. The first-order chi connectivity index (χ1) is 9.49. The Bertz CT molecular complexity index is 673. The molecule has 106 valence electrons. The summed E-state index contributed by atoms with van der Waals surface area (Å²) in [5.41, 5.74) is 5.27. The number of aromatic nitrogens is 4. The second-order valence-electron chi connectivity index (χ2n) is 5.04. The molecular formula is C12H14FN5O2. The molecule has 0 saturated heterocycles. The molecule has 0 bridgehead atoms. The molecule has 7 nitrogen and oxygen atoms in total. The van der Waals surface area contributed by atoms with Crippen molar-refractivity contribution in [3.8, 4) is 0 Å². The Kier molecular flexibility index (Phi) is 2.81. The van der Waals surface area contributed by atoms with Crippen LogP contribution in [-0.4, -0.2) is 37.8 Å². The van der Waals surface area contributed by atoms with Crippen molar-refractivity contribution in [2.45, 2.75) is 25.6 Å². The van der Waals surface area contributed by atoms with Crippen molar-refractivity contribution in [1.29, 1.82) is 0 Å². The van der Waals surface area contributed by atoms with E-state index in [9.17, 15) is 9.18 Å². The maximum Gasteiger partial charge on any atom is 0.302 e. The van der Waals surface area contributed by atoms with Gasteiger partial charge < -0.3 is 15.0 Å². The molecule has 1 aliphatic rings. The normalized spacial score (nSPS) is 24.8. The van der Waals surface area contributed by atoms with Gasteiger partial charge in [0.25, 0.3) is 0 Å². The molecule has 2 atom stereocenters. The molecule has 0 aliphatic heterocycles. The molecule has 0 radical (unpaired) electrons. The molecule has 0 spiro atoms. The van der Waals surface area contributed by atoms with Crippen LogP contribution < -0.4 is 5.73 Å². The predicted molar refractivity (Wildman–Crippen MR) is 68.3 cm³/mol. The van der Waals surface area contributed by atoms with Crippen LogP contribution in [0.2, 0.25) is 0 Å². The summed E-state index contributed by atoms with van der Waals surface area (Å²) in [6.07, 6.45) is 3.18. The Labute approximate surface area is 114 Å². The Morgan fingerprint density at radius 2 is 2.40 bits per heavy atom. The largest absolute Gasteiger partial charge is 0.465 e. The van der Waals surface area contributed by atoms with Crippen molar-refractivity contribution in [1.82, 2.24) is 19.5 Å². The van der Waals surface area contributed by atoms with Gasteiger partial charge in [0.15, 0.2) is 11.5 Å². The minimum absolute atomic E-state index is 0.107. The molecule has 0 amide bonds. The second kappa shape index (κ2) is 4.39. The van der Waals surface area contributed by atoms with Crippen LogP contribution in [0.3, 0.4) is 0 Å². The third-order valence-corrected chi connectivity index (χ3v) is 3.51. The van der Waals surface area contributed by atoms with Gasteiger partial charge in [-0.1, -0.05) is 0 Å². The van der Waals surface area contributed by atoms with Crippen molar-refractivity contribution in [3.05, 3.63) is 12.7 Å². The number of imidazole rings is 1. The highest BCUT2D eigenvalue weighted by Gasteiger charge is 2.56. The fourth-order valence-corrected chi connectivity index (χ4v) is 2.27. The Hall–Kier alpha value is -2.25. The molecule has 1 saturated carbocycles. The predicted octanol–water partition coefficient (Wildman–Crippen LogP) is 0.700. The summed E-state index contributed by atoms with van der Waals surface area (Å²) < 4.78 is 20.9. The van der Waals surface area contributed by atoms with Crippen LogP contribution in [0.15, 0.2) is 12.7 Å². The molecule has 8 heteroatoms. The van der Waals surface area contributed by atoms with E-state index >= 15 is 0 Å². The van der Waals surface area contributed by atoms with Crippen molar-refractivity contribution in [2.75, 3.05) is 12.3 Å². The third kappa shape index (κ3) is 2.17. The number of nitrogen functional groups attached to an aromatic ring is 1. The number of hydrogen-bond donors (Lipinski definition) is 1. The van der Waals surface area contributed by atoms with E-state index in [0.717, 1.165) is 0 Å². The molecule has 0 unspecified atom stereocenters. The number of hydrogen-bond acceptors (Lipinski definition) is 6. The minimum atomic E-state index is -1.39. The van der Waals surface area contributed by atoms with Crippen LogP contribution in [0, 0.1) is 5.92 Å². The molecule has 2 aromatic heterocycles. The fraction of sp³-hybridized carbons (Fsp3) is 0.500. The van der Waals surface area contributed by atoms with E-state index in [1.807, 2.05) is 0 Å². The van der Waals surface area contributed by atoms with E-state index in [-0.39, 0.29) is 24.9 Å². The minimum Gasteiger partial charge on any atom is -0.465 e. The fourth-order valence-electron chi connectivity index (χ4n) is 2.27. The van der Waals surface area contributed by atoms with Crippen LogP contribution in [0.1, 0.15) is 13.3 Å². The summed E-state index contributed by atoms with van der Waals surface area (Å²) in [7, 11) is 0. The highest BCUT2D eigenvalue weighted by atomic mass is 19.1. The zero-order valence-electron chi connectivity index (χ0n) is 10.9. The van der Waals surface area contributed by atoms with E-state index in [2.05, 4.69) is 15.0 Å². The van der Waals surface area contributed by atoms with E-state index in [0.29, 0.717) is 17.6 Å². The number of anilines is 1. The van der Waals surface area contributed by atoms with Crippen LogP contribution >= 0.6 is 0 Å². The maximum atomic E-state index is 14.5. The number of halogens is 1. The number of nitrogens with zero attached hydrogens (tertiary/aromatic N) is 4. The van der Waals surface area contributed by atoms with Gasteiger partial charge >= 0.3 is 5.97 Å². The Balaban J connectivity index is 1.74. The van der Waals surface area contributed by atoms with Crippen LogP contribution in [0.5, 0.6) is 0 Å². The zero-order valence-corrected chi connectivity index (χ0v) is 10.9. The third-order valence-electron chi connectivity index (χ3n) is 3.51. The van der Waals surface area contributed by atoms with E-state index in [1.54, 1.807) is 4.57 Å². The number of rotatable bonds is 4. The first-order valence-corrected chi connectivity index (χ1v) is 6.23. The smallest absolute Gasteiger partial charge is 0.302 e. The lowest BCUT2D eigenvalue weighted by molar-refractivity contribution is -0.141. The summed E-state index contributed by atoms with van der Waals surface area (Å²) in [6.45, 7) is 1.53. The number of carbonyl (C=O) groups excluding carboxylic acids is 1. The highest BCUT2D eigenvalue weighted by molar-refractivity contribution is 5.81. The van der Waals surface area contributed by atoms with Gasteiger partial charge in [0, 0.05) is 12.8 Å². The first-order valence-electron chi connectivity index (χ1n) is 6.23. The maximum absolute atomic E-state index is 14.5. The van der Waals surface area contributed by atoms with E-state index in [1.165, 1.54) is 19.6 Å². The zero-order chi connectivity index (χ0) is 14.3. The van der Waals surface area contributed by atoms with Crippen LogP contribution in [0.4, 0.5) is 10.2 Å². The number of esters is 1. The van der Waals surface area contributed by atoms with E-state index in [4.69, 9.17) is 10.5 Å². The molecule has 1 aliphatic carbocycles. The molecule has 1 fully saturated rings. The van der Waals surface area contributed by atoms with Crippen molar-refractivity contribution < 1.29 is 13.9 Å². The Morgan fingerprint density at radius 1 is 1.60 bits per heavy atom. The van der Waals surface area contributed by atoms with Gasteiger partial charge in [-0.05, 0) is 6.42 Å². The average molecular weight is 279 g/mol. The molecule has 0 aromatic carbocycles. The van der Waals surface area contributed by atoms with Crippen molar-refractivity contribution in [3.63, 3.8) is 0 Å². The lowest BCUT2D eigenvalue weighted by atomic mass is 10.3. The number of nitrogens with two attached hydrogens (primary N) is 1. The van der Waals surface area contributed by atoms with Crippen LogP contribution in [0.25, 0.3) is 11.2 Å². The van der Waals surface area contributed by atoms with Gasteiger partial charge in [0.2, 0.25) is 0 Å². The molecule has 20 heavy (non-hydrogen) atoms. The standard InChI is InChI=1S/C12H14FN5O2/c1-7(19)20-3-8-2-12(8,13)4-18-6-17-9-10(14)15-5-16-11(9)18/h5-6,8H,2-4H2,1H3,(H2,14,15,16)/t8-,12+/m0/s1. The molecule has 3 rings (SSSR count). The number of ether oxygens (including phenoxy) is 1. The molecule has 2 N–H and O–H groups in total. The lowest BCUT2D eigenvalue weighted by Gasteiger charge is -2.09. The van der Waals surface area contributed by atoms with Gasteiger partial charge in [-0.15, -0.1) is 0 Å². The summed E-state index contributed by atoms with van der Waals surface area (Å²) in [4.78, 5) is 22.7.